The molecule has 0 unspecified atom stereocenters. The molecule has 90 valence electrons. The molecule has 1 N–H and O–H groups in total. The van der Waals surface area contributed by atoms with Gasteiger partial charge in [0, 0.05) is 25.1 Å². The third-order valence-electron chi connectivity index (χ3n) is 1.98. The van der Waals surface area contributed by atoms with E-state index < -0.39 is 0 Å². The van der Waals surface area contributed by atoms with E-state index in [2.05, 4.69) is 15.0 Å². The number of ether oxygens (including phenoxy) is 2. The van der Waals surface area contributed by atoms with Crippen LogP contribution in [0.3, 0.4) is 0 Å². The molecule has 16 heavy (non-hydrogen) atoms. The van der Waals surface area contributed by atoms with E-state index in [9.17, 15) is 4.79 Å². The second kappa shape index (κ2) is 6.57. The predicted octanol–water partition coefficient (Wildman–Crippen LogP) is 0.974. The Morgan fingerprint density at radius 3 is 2.88 bits per heavy atom. The summed E-state index contributed by atoms with van der Waals surface area (Å²) >= 11 is 1.50. The lowest BCUT2D eigenvalue weighted by Crippen LogP contribution is -2.18. The number of rotatable bonds is 6. The summed E-state index contributed by atoms with van der Waals surface area (Å²) in [5, 5.41) is 4.05. The van der Waals surface area contributed by atoms with Crippen LogP contribution in [0.1, 0.15) is 20.4 Å². The monoisotopic (exact) mass is 244 g/mol. The molecule has 0 bridgehead atoms. The molecule has 0 saturated carbocycles. The number of aryl methyl sites for hydroxylation is 1. The van der Waals surface area contributed by atoms with Crippen molar-refractivity contribution >= 4 is 17.3 Å². The Kier molecular flexibility index (Phi) is 5.37. The quantitative estimate of drug-likeness (QED) is 0.597. The first-order valence-corrected chi connectivity index (χ1v) is 5.75. The second-order valence-corrected chi connectivity index (χ2v) is 4.46. The zero-order chi connectivity index (χ0) is 12.0. The molecule has 0 radical (unpaired) electrons. The van der Waals surface area contributed by atoms with E-state index >= 15 is 0 Å². The fourth-order valence-corrected chi connectivity index (χ4v) is 2.07. The average Bonchev–Trinajstić information content (AvgIpc) is 2.65. The second-order valence-electron chi connectivity index (χ2n) is 3.17. The molecule has 0 saturated heterocycles. The number of hydrogen-bond donors (Lipinski definition) is 1. The molecule has 0 amide bonds. The molecule has 6 heteroatoms. The highest BCUT2D eigenvalue weighted by Gasteiger charge is 2.15. The first-order chi connectivity index (χ1) is 7.69. The summed E-state index contributed by atoms with van der Waals surface area (Å²) in [7, 11) is 3.02. The number of carbonyl (C=O) groups excluding carboxylic acids is 1. The van der Waals surface area contributed by atoms with Crippen LogP contribution in [-0.2, 0) is 16.0 Å². The Hall–Kier alpha value is -0.980. The van der Waals surface area contributed by atoms with E-state index in [1.165, 1.54) is 18.4 Å². The van der Waals surface area contributed by atoms with Gasteiger partial charge >= 0.3 is 5.97 Å². The average molecular weight is 244 g/mol. The maximum atomic E-state index is 11.3. The molecule has 1 aromatic rings. The van der Waals surface area contributed by atoms with Gasteiger partial charge < -0.3 is 14.8 Å². The minimum atomic E-state index is -0.378. The largest absolute Gasteiger partial charge is 0.464 e. The molecule has 0 spiro atoms. The van der Waals surface area contributed by atoms with Crippen molar-refractivity contribution in [3.63, 3.8) is 0 Å². The van der Waals surface area contributed by atoms with Crippen LogP contribution < -0.4 is 5.32 Å². The Balaban J connectivity index is 2.52. The van der Waals surface area contributed by atoms with Crippen LogP contribution in [0, 0.1) is 6.92 Å². The number of esters is 1. The Bertz CT molecular complexity index is 352. The summed E-state index contributed by atoms with van der Waals surface area (Å²) < 4.78 is 9.55. The van der Waals surface area contributed by atoms with Gasteiger partial charge in [0.25, 0.3) is 0 Å². The van der Waals surface area contributed by atoms with Gasteiger partial charge in [-0.3, -0.25) is 0 Å². The van der Waals surface area contributed by atoms with Crippen LogP contribution in [0.2, 0.25) is 0 Å². The molecule has 5 nitrogen and oxygen atoms in total. The summed E-state index contributed by atoms with van der Waals surface area (Å²) in [5.41, 5.74) is 0.413. The van der Waals surface area contributed by atoms with Gasteiger partial charge in [0.1, 0.15) is 5.01 Å². The van der Waals surface area contributed by atoms with Crippen molar-refractivity contribution in [2.75, 3.05) is 27.4 Å². The van der Waals surface area contributed by atoms with Gasteiger partial charge in [-0.15, -0.1) is 11.3 Å². The third kappa shape index (κ3) is 3.55. The first kappa shape index (κ1) is 13.1. The first-order valence-electron chi connectivity index (χ1n) is 4.93. The van der Waals surface area contributed by atoms with Crippen molar-refractivity contribution in [1.82, 2.24) is 10.3 Å². The zero-order valence-electron chi connectivity index (χ0n) is 9.70. The Morgan fingerprint density at radius 2 is 2.25 bits per heavy atom. The molecule has 1 rings (SSSR count). The molecule has 1 heterocycles. The van der Waals surface area contributed by atoms with Crippen LogP contribution in [0.5, 0.6) is 0 Å². The van der Waals surface area contributed by atoms with Gasteiger partial charge in [0.15, 0.2) is 5.69 Å². The topological polar surface area (TPSA) is 60.5 Å². The van der Waals surface area contributed by atoms with E-state index in [0.717, 1.165) is 16.4 Å². The SMILES string of the molecule is COCCNCc1nc(C(=O)OC)c(C)s1. The molecule has 0 aromatic carbocycles. The van der Waals surface area contributed by atoms with Crippen molar-refractivity contribution in [3.8, 4) is 0 Å². The van der Waals surface area contributed by atoms with Crippen molar-refractivity contribution in [2.45, 2.75) is 13.5 Å². The number of nitrogens with zero attached hydrogens (tertiary/aromatic N) is 1. The number of aromatic nitrogens is 1. The van der Waals surface area contributed by atoms with E-state index in [1.807, 2.05) is 6.92 Å². The number of nitrogens with one attached hydrogen (secondary N) is 1. The minimum Gasteiger partial charge on any atom is -0.464 e. The van der Waals surface area contributed by atoms with Crippen LogP contribution in [0.4, 0.5) is 0 Å². The zero-order valence-corrected chi connectivity index (χ0v) is 10.5. The van der Waals surface area contributed by atoms with Crippen molar-refractivity contribution < 1.29 is 14.3 Å². The summed E-state index contributed by atoms with van der Waals surface area (Å²) in [6.07, 6.45) is 0. The van der Waals surface area contributed by atoms with E-state index in [-0.39, 0.29) is 5.97 Å². The molecule has 0 atom stereocenters. The summed E-state index contributed by atoms with van der Waals surface area (Å²) in [6.45, 7) is 3.94. The predicted molar refractivity (Wildman–Crippen MR) is 61.8 cm³/mol. The van der Waals surface area contributed by atoms with Crippen molar-refractivity contribution in [3.05, 3.63) is 15.6 Å². The summed E-state index contributed by atoms with van der Waals surface area (Å²) in [6, 6.07) is 0. The highest BCUT2D eigenvalue weighted by molar-refractivity contribution is 7.11. The van der Waals surface area contributed by atoms with E-state index in [1.54, 1.807) is 7.11 Å². The van der Waals surface area contributed by atoms with Crippen LogP contribution in [0.15, 0.2) is 0 Å². The number of hydrogen-bond acceptors (Lipinski definition) is 6. The van der Waals surface area contributed by atoms with E-state index in [0.29, 0.717) is 18.8 Å². The standard InChI is InChI=1S/C10H16N2O3S/c1-7-9(10(13)15-3)12-8(16-7)6-11-4-5-14-2/h11H,4-6H2,1-3H3. The number of methoxy groups -OCH3 is 2. The smallest absolute Gasteiger partial charge is 0.357 e. The molecule has 0 aliphatic carbocycles. The lowest BCUT2D eigenvalue weighted by Gasteiger charge is -2.00. The molecule has 0 aliphatic rings. The Morgan fingerprint density at radius 1 is 1.50 bits per heavy atom. The maximum absolute atomic E-state index is 11.3. The summed E-state index contributed by atoms with van der Waals surface area (Å²) in [5.74, 6) is -0.378. The van der Waals surface area contributed by atoms with Crippen LogP contribution in [0.25, 0.3) is 0 Å². The van der Waals surface area contributed by atoms with E-state index in [4.69, 9.17) is 4.74 Å². The maximum Gasteiger partial charge on any atom is 0.357 e. The van der Waals surface area contributed by atoms with Gasteiger partial charge in [0.2, 0.25) is 0 Å². The lowest BCUT2D eigenvalue weighted by atomic mass is 10.4. The molecule has 1 aromatic heterocycles. The fourth-order valence-electron chi connectivity index (χ4n) is 1.18. The fraction of sp³-hybridized carbons (Fsp3) is 0.600. The molecule has 0 aliphatic heterocycles. The molecule has 0 fully saturated rings. The van der Waals surface area contributed by atoms with Crippen LogP contribution >= 0.6 is 11.3 Å². The number of carbonyl (C=O) groups is 1. The van der Waals surface area contributed by atoms with Gasteiger partial charge in [-0.05, 0) is 6.92 Å². The van der Waals surface area contributed by atoms with Gasteiger partial charge in [-0.1, -0.05) is 0 Å². The normalized spacial score (nSPS) is 10.4. The van der Waals surface area contributed by atoms with Crippen LogP contribution in [-0.4, -0.2) is 38.3 Å². The lowest BCUT2D eigenvalue weighted by molar-refractivity contribution is 0.0594. The molecular formula is C10H16N2O3S. The van der Waals surface area contributed by atoms with Gasteiger partial charge in [0.05, 0.1) is 13.7 Å². The molecular weight excluding hydrogens is 228 g/mol. The van der Waals surface area contributed by atoms with Crippen molar-refractivity contribution in [1.29, 1.82) is 0 Å². The Labute approximate surface area is 98.8 Å². The number of thiazole rings is 1. The van der Waals surface area contributed by atoms with Gasteiger partial charge in [-0.2, -0.15) is 0 Å². The highest BCUT2D eigenvalue weighted by atomic mass is 32.1. The highest BCUT2D eigenvalue weighted by Crippen LogP contribution is 2.17. The van der Waals surface area contributed by atoms with Crippen molar-refractivity contribution in [2.24, 2.45) is 0 Å². The third-order valence-corrected chi connectivity index (χ3v) is 2.95. The summed E-state index contributed by atoms with van der Waals surface area (Å²) in [4.78, 5) is 16.4. The minimum absolute atomic E-state index is 0.378. The van der Waals surface area contributed by atoms with Gasteiger partial charge in [-0.25, -0.2) is 9.78 Å².